The molecule has 0 spiro atoms. The Hall–Kier alpha value is -0.790. The van der Waals surface area contributed by atoms with Crippen LogP contribution in [0.5, 0.6) is 0 Å². The molecular weight excluding hydrogens is 198 g/mol. The van der Waals surface area contributed by atoms with Gasteiger partial charge in [0.2, 0.25) is 5.91 Å². The monoisotopic (exact) mass is 223 g/mol. The minimum atomic E-state index is 0.221. The van der Waals surface area contributed by atoms with Crippen molar-refractivity contribution in [3.8, 4) is 0 Å². The summed E-state index contributed by atoms with van der Waals surface area (Å²) in [6, 6.07) is 0. The zero-order valence-corrected chi connectivity index (χ0v) is 10.9. The molecule has 1 aliphatic rings. The van der Waals surface area contributed by atoms with Gasteiger partial charge in [-0.15, -0.1) is 0 Å². The molecule has 2 atom stereocenters. The van der Waals surface area contributed by atoms with Crippen LogP contribution in [0.2, 0.25) is 0 Å². The van der Waals surface area contributed by atoms with Crippen molar-refractivity contribution < 1.29 is 4.79 Å². The van der Waals surface area contributed by atoms with Gasteiger partial charge in [0, 0.05) is 20.0 Å². The van der Waals surface area contributed by atoms with Gasteiger partial charge in [0.05, 0.1) is 0 Å². The lowest BCUT2D eigenvalue weighted by molar-refractivity contribution is -0.128. The first kappa shape index (κ1) is 13.3. The second-order valence-electron chi connectivity index (χ2n) is 4.77. The number of amides is 1. The van der Waals surface area contributed by atoms with Crippen molar-refractivity contribution >= 4 is 5.91 Å². The van der Waals surface area contributed by atoms with Crippen LogP contribution in [0.1, 0.15) is 46.5 Å². The van der Waals surface area contributed by atoms with E-state index in [1.807, 2.05) is 4.90 Å². The van der Waals surface area contributed by atoms with Gasteiger partial charge in [-0.2, -0.15) is 0 Å². The summed E-state index contributed by atoms with van der Waals surface area (Å²) in [4.78, 5) is 13.2. The van der Waals surface area contributed by atoms with Gasteiger partial charge < -0.3 is 4.90 Å². The van der Waals surface area contributed by atoms with Crippen molar-refractivity contribution in [3.63, 3.8) is 0 Å². The summed E-state index contributed by atoms with van der Waals surface area (Å²) < 4.78 is 0. The molecule has 1 aliphatic carbocycles. The molecule has 16 heavy (non-hydrogen) atoms. The van der Waals surface area contributed by atoms with Crippen LogP contribution in [0, 0.1) is 11.8 Å². The highest BCUT2D eigenvalue weighted by atomic mass is 16.2. The topological polar surface area (TPSA) is 20.3 Å². The van der Waals surface area contributed by atoms with Gasteiger partial charge >= 0.3 is 0 Å². The Labute approximate surface area is 99.7 Å². The number of hydrogen-bond donors (Lipinski definition) is 0. The SMILES string of the molecule is CC/C=C\CC[C@H]1C[C@H]1CN(CC)C(C)=O. The minimum Gasteiger partial charge on any atom is -0.343 e. The maximum Gasteiger partial charge on any atom is 0.219 e. The molecule has 1 saturated carbocycles. The van der Waals surface area contributed by atoms with Crippen LogP contribution in [-0.2, 0) is 4.79 Å². The molecule has 0 saturated heterocycles. The van der Waals surface area contributed by atoms with E-state index in [9.17, 15) is 4.79 Å². The Kier molecular flexibility index (Phi) is 5.58. The summed E-state index contributed by atoms with van der Waals surface area (Å²) in [5, 5.41) is 0. The van der Waals surface area contributed by atoms with Gasteiger partial charge in [0.1, 0.15) is 0 Å². The third-order valence-corrected chi connectivity index (χ3v) is 3.46. The summed E-state index contributed by atoms with van der Waals surface area (Å²) in [5.41, 5.74) is 0. The molecule has 0 radical (unpaired) electrons. The van der Waals surface area contributed by atoms with Gasteiger partial charge in [-0.25, -0.2) is 0 Å². The lowest BCUT2D eigenvalue weighted by atomic mass is 10.1. The number of rotatable bonds is 7. The molecule has 0 aromatic rings. The van der Waals surface area contributed by atoms with E-state index in [-0.39, 0.29) is 5.91 Å². The highest BCUT2D eigenvalue weighted by Crippen LogP contribution is 2.42. The van der Waals surface area contributed by atoms with Crippen LogP contribution in [0.3, 0.4) is 0 Å². The van der Waals surface area contributed by atoms with Crippen molar-refractivity contribution in [2.45, 2.75) is 46.5 Å². The third kappa shape index (κ3) is 4.38. The average Bonchev–Trinajstić information content (AvgIpc) is 2.99. The van der Waals surface area contributed by atoms with E-state index >= 15 is 0 Å². The highest BCUT2D eigenvalue weighted by Gasteiger charge is 2.37. The summed E-state index contributed by atoms with van der Waals surface area (Å²) in [6.07, 6.45) is 9.51. The van der Waals surface area contributed by atoms with Gasteiger partial charge in [-0.1, -0.05) is 19.1 Å². The van der Waals surface area contributed by atoms with E-state index in [4.69, 9.17) is 0 Å². The van der Waals surface area contributed by atoms with Crippen molar-refractivity contribution in [1.29, 1.82) is 0 Å². The minimum absolute atomic E-state index is 0.221. The molecule has 2 nitrogen and oxygen atoms in total. The Balaban J connectivity index is 2.14. The second kappa shape index (κ2) is 6.72. The number of carbonyl (C=O) groups is 1. The summed E-state index contributed by atoms with van der Waals surface area (Å²) in [6.45, 7) is 7.73. The smallest absolute Gasteiger partial charge is 0.219 e. The number of hydrogen-bond acceptors (Lipinski definition) is 1. The second-order valence-corrected chi connectivity index (χ2v) is 4.77. The summed E-state index contributed by atoms with van der Waals surface area (Å²) in [7, 11) is 0. The molecule has 1 fully saturated rings. The molecule has 0 unspecified atom stereocenters. The molecule has 2 heteroatoms. The molecule has 0 heterocycles. The van der Waals surface area contributed by atoms with Crippen molar-refractivity contribution in [2.24, 2.45) is 11.8 Å². The first-order valence-corrected chi connectivity index (χ1v) is 6.59. The zero-order valence-electron chi connectivity index (χ0n) is 10.9. The van der Waals surface area contributed by atoms with Crippen molar-refractivity contribution in [1.82, 2.24) is 4.90 Å². The van der Waals surface area contributed by atoms with Gasteiger partial charge in [-0.05, 0) is 44.4 Å². The molecule has 0 bridgehead atoms. The zero-order chi connectivity index (χ0) is 12.0. The molecule has 1 amide bonds. The van der Waals surface area contributed by atoms with Crippen LogP contribution in [0.25, 0.3) is 0 Å². The molecular formula is C14H25NO. The van der Waals surface area contributed by atoms with Gasteiger partial charge in [0.15, 0.2) is 0 Å². The van der Waals surface area contributed by atoms with Crippen LogP contribution >= 0.6 is 0 Å². The molecule has 0 aromatic heterocycles. The fraction of sp³-hybridized carbons (Fsp3) is 0.786. The molecule has 0 aliphatic heterocycles. The Morgan fingerprint density at radius 3 is 2.62 bits per heavy atom. The molecule has 0 aromatic carbocycles. The standard InChI is InChI=1S/C14H25NO/c1-4-6-7-8-9-13-10-14(13)11-15(5-2)12(3)16/h6-7,13-14H,4-5,8-11H2,1-3H3/b7-6-/t13-,14-/m0/s1. The summed E-state index contributed by atoms with van der Waals surface area (Å²) in [5.74, 6) is 1.87. The van der Waals surface area contributed by atoms with Crippen LogP contribution < -0.4 is 0 Å². The number of carbonyl (C=O) groups excluding carboxylic acids is 1. The van der Waals surface area contributed by atoms with E-state index in [1.165, 1.54) is 19.3 Å². The fourth-order valence-corrected chi connectivity index (χ4v) is 2.25. The van der Waals surface area contributed by atoms with E-state index in [0.29, 0.717) is 0 Å². The number of nitrogens with zero attached hydrogens (tertiary/aromatic N) is 1. The van der Waals surface area contributed by atoms with E-state index in [2.05, 4.69) is 26.0 Å². The van der Waals surface area contributed by atoms with Crippen molar-refractivity contribution in [3.05, 3.63) is 12.2 Å². The fourth-order valence-electron chi connectivity index (χ4n) is 2.25. The van der Waals surface area contributed by atoms with E-state index in [1.54, 1.807) is 6.92 Å². The highest BCUT2D eigenvalue weighted by molar-refractivity contribution is 5.73. The quantitative estimate of drug-likeness (QED) is 0.607. The lowest BCUT2D eigenvalue weighted by Crippen LogP contribution is -2.30. The maximum absolute atomic E-state index is 11.3. The Bertz CT molecular complexity index is 247. The van der Waals surface area contributed by atoms with Gasteiger partial charge in [0.25, 0.3) is 0 Å². The van der Waals surface area contributed by atoms with Gasteiger partial charge in [-0.3, -0.25) is 4.79 Å². The average molecular weight is 223 g/mol. The first-order valence-electron chi connectivity index (χ1n) is 6.59. The molecule has 0 N–H and O–H groups in total. The van der Waals surface area contributed by atoms with Crippen molar-refractivity contribution in [2.75, 3.05) is 13.1 Å². The molecule has 1 rings (SSSR count). The maximum atomic E-state index is 11.3. The lowest BCUT2D eigenvalue weighted by Gasteiger charge is -2.18. The van der Waals surface area contributed by atoms with E-state index < -0.39 is 0 Å². The van der Waals surface area contributed by atoms with Crippen LogP contribution in [0.15, 0.2) is 12.2 Å². The van der Waals surface area contributed by atoms with E-state index in [0.717, 1.165) is 31.3 Å². The molecule has 92 valence electrons. The van der Waals surface area contributed by atoms with Crippen LogP contribution in [0.4, 0.5) is 0 Å². The largest absolute Gasteiger partial charge is 0.343 e. The normalized spacial score (nSPS) is 23.7. The first-order chi connectivity index (χ1) is 7.69. The predicted molar refractivity (Wildman–Crippen MR) is 68.2 cm³/mol. The third-order valence-electron chi connectivity index (χ3n) is 3.46. The Morgan fingerprint density at radius 1 is 1.31 bits per heavy atom. The number of allylic oxidation sites excluding steroid dienone is 2. The Morgan fingerprint density at radius 2 is 2.06 bits per heavy atom. The van der Waals surface area contributed by atoms with Crippen LogP contribution in [-0.4, -0.2) is 23.9 Å². The summed E-state index contributed by atoms with van der Waals surface area (Å²) >= 11 is 0. The predicted octanol–water partition coefficient (Wildman–Crippen LogP) is 3.24.